The second-order valence-corrected chi connectivity index (χ2v) is 6.37. The summed E-state index contributed by atoms with van der Waals surface area (Å²) in [7, 11) is 0. The molecular formula is C20H27N3. The van der Waals surface area contributed by atoms with Crippen LogP contribution in [0.5, 0.6) is 0 Å². The van der Waals surface area contributed by atoms with Crippen molar-refractivity contribution in [3.05, 3.63) is 59.8 Å². The summed E-state index contributed by atoms with van der Waals surface area (Å²) >= 11 is 0. The quantitative estimate of drug-likeness (QED) is 0.843. The van der Waals surface area contributed by atoms with Crippen LogP contribution in [0.1, 0.15) is 49.8 Å². The maximum Gasteiger partial charge on any atom is 0.125 e. The molecule has 0 spiro atoms. The van der Waals surface area contributed by atoms with Crippen molar-refractivity contribution in [2.45, 2.75) is 45.2 Å². The smallest absolute Gasteiger partial charge is 0.125 e. The predicted molar refractivity (Wildman–Crippen MR) is 96.5 cm³/mol. The minimum atomic E-state index is 0.497. The Labute approximate surface area is 139 Å². The van der Waals surface area contributed by atoms with Gasteiger partial charge in [0, 0.05) is 25.3 Å². The highest BCUT2D eigenvalue weighted by molar-refractivity contribution is 5.36. The Bertz CT molecular complexity index is 580. The van der Waals surface area contributed by atoms with Gasteiger partial charge < -0.3 is 5.32 Å². The van der Waals surface area contributed by atoms with Crippen LogP contribution in [0.2, 0.25) is 0 Å². The van der Waals surface area contributed by atoms with E-state index in [0.717, 1.165) is 25.3 Å². The van der Waals surface area contributed by atoms with Crippen LogP contribution >= 0.6 is 0 Å². The van der Waals surface area contributed by atoms with Gasteiger partial charge in [-0.1, -0.05) is 49.7 Å². The Morgan fingerprint density at radius 1 is 1.13 bits per heavy atom. The highest BCUT2D eigenvalue weighted by atomic mass is 15.2. The third kappa shape index (κ3) is 4.32. The minimum absolute atomic E-state index is 0.497. The van der Waals surface area contributed by atoms with Gasteiger partial charge in [-0.25, -0.2) is 4.98 Å². The van der Waals surface area contributed by atoms with Gasteiger partial charge in [-0.3, -0.25) is 4.90 Å². The maximum absolute atomic E-state index is 4.60. The van der Waals surface area contributed by atoms with Crippen molar-refractivity contribution in [2.24, 2.45) is 0 Å². The van der Waals surface area contributed by atoms with E-state index in [0.29, 0.717) is 6.04 Å². The van der Waals surface area contributed by atoms with Gasteiger partial charge in [0.2, 0.25) is 0 Å². The second kappa shape index (κ2) is 8.11. The number of benzene rings is 1. The number of piperidine rings is 1. The molecule has 1 aliphatic rings. The Balaban J connectivity index is 1.70. The fraction of sp³-hybridized carbons (Fsp3) is 0.450. The third-order valence-corrected chi connectivity index (χ3v) is 4.57. The van der Waals surface area contributed by atoms with Gasteiger partial charge in [0.05, 0.1) is 0 Å². The van der Waals surface area contributed by atoms with E-state index in [-0.39, 0.29) is 0 Å². The molecule has 2 heterocycles. The summed E-state index contributed by atoms with van der Waals surface area (Å²) < 4.78 is 0. The van der Waals surface area contributed by atoms with Crippen LogP contribution in [0, 0.1) is 0 Å². The molecule has 0 bridgehead atoms. The van der Waals surface area contributed by atoms with Gasteiger partial charge in [-0.2, -0.15) is 0 Å². The Morgan fingerprint density at radius 3 is 2.74 bits per heavy atom. The highest BCUT2D eigenvalue weighted by Gasteiger charge is 2.24. The van der Waals surface area contributed by atoms with E-state index in [1.807, 2.05) is 0 Å². The molecule has 3 rings (SSSR count). The van der Waals surface area contributed by atoms with Crippen molar-refractivity contribution in [3.63, 3.8) is 0 Å². The minimum Gasteiger partial charge on any atom is -0.370 e. The summed E-state index contributed by atoms with van der Waals surface area (Å²) in [6, 6.07) is 15.7. The molecule has 3 heteroatoms. The largest absolute Gasteiger partial charge is 0.370 e. The van der Waals surface area contributed by atoms with Crippen LogP contribution < -0.4 is 5.32 Å². The van der Waals surface area contributed by atoms with Crippen molar-refractivity contribution in [1.29, 1.82) is 0 Å². The number of hydrogen-bond acceptors (Lipinski definition) is 3. The SMILES string of the molecule is CCCNc1ccc([C@H]2CCCCN2Cc2ccccc2)cn1. The van der Waals surface area contributed by atoms with Crippen LogP contribution in [0.25, 0.3) is 0 Å². The second-order valence-electron chi connectivity index (χ2n) is 6.37. The maximum atomic E-state index is 4.60. The zero-order valence-electron chi connectivity index (χ0n) is 14.0. The molecule has 1 fully saturated rings. The topological polar surface area (TPSA) is 28.2 Å². The summed E-state index contributed by atoms with van der Waals surface area (Å²) in [6.45, 7) is 5.36. The Kier molecular flexibility index (Phi) is 5.65. The van der Waals surface area contributed by atoms with E-state index in [1.165, 1.54) is 36.9 Å². The molecule has 1 atom stereocenters. The van der Waals surface area contributed by atoms with Crippen molar-refractivity contribution < 1.29 is 0 Å². The molecule has 1 saturated heterocycles. The summed E-state index contributed by atoms with van der Waals surface area (Å²) in [6.07, 6.45) is 7.03. The van der Waals surface area contributed by atoms with E-state index in [1.54, 1.807) is 0 Å². The van der Waals surface area contributed by atoms with Crippen LogP contribution in [-0.4, -0.2) is 23.0 Å². The molecule has 2 aromatic rings. The number of hydrogen-bond donors (Lipinski definition) is 1. The first-order valence-corrected chi connectivity index (χ1v) is 8.84. The molecule has 0 amide bonds. The van der Waals surface area contributed by atoms with E-state index < -0.39 is 0 Å². The molecule has 0 saturated carbocycles. The summed E-state index contributed by atoms with van der Waals surface area (Å²) in [5.74, 6) is 0.987. The number of nitrogens with zero attached hydrogens (tertiary/aromatic N) is 2. The van der Waals surface area contributed by atoms with Gasteiger partial charge in [-0.05, 0) is 43.0 Å². The molecule has 1 aromatic heterocycles. The number of nitrogens with one attached hydrogen (secondary N) is 1. The summed E-state index contributed by atoms with van der Waals surface area (Å²) in [4.78, 5) is 7.20. The molecule has 3 nitrogen and oxygen atoms in total. The Hall–Kier alpha value is -1.87. The van der Waals surface area contributed by atoms with E-state index in [2.05, 4.69) is 70.8 Å². The van der Waals surface area contributed by atoms with E-state index in [9.17, 15) is 0 Å². The molecule has 0 unspecified atom stereocenters. The molecule has 1 aliphatic heterocycles. The first kappa shape index (κ1) is 16.0. The van der Waals surface area contributed by atoms with Crippen LogP contribution in [0.15, 0.2) is 48.7 Å². The fourth-order valence-corrected chi connectivity index (χ4v) is 3.34. The van der Waals surface area contributed by atoms with Gasteiger partial charge >= 0.3 is 0 Å². The fourth-order valence-electron chi connectivity index (χ4n) is 3.34. The zero-order chi connectivity index (χ0) is 15.9. The molecular weight excluding hydrogens is 282 g/mol. The standard InChI is InChI=1S/C20H27N3/c1-2-13-21-20-12-11-18(15-22-20)19-10-6-7-14-23(19)16-17-8-4-3-5-9-17/h3-5,8-9,11-12,15,19H,2,6-7,10,13-14,16H2,1H3,(H,21,22)/t19-/m1/s1. The highest BCUT2D eigenvalue weighted by Crippen LogP contribution is 2.32. The van der Waals surface area contributed by atoms with Crippen LogP contribution in [0.3, 0.4) is 0 Å². The van der Waals surface area contributed by atoms with E-state index in [4.69, 9.17) is 0 Å². The summed E-state index contributed by atoms with van der Waals surface area (Å²) in [5.41, 5.74) is 2.75. The van der Waals surface area contributed by atoms with Crippen LogP contribution in [0.4, 0.5) is 5.82 Å². The normalized spacial score (nSPS) is 18.7. The molecule has 1 N–H and O–H groups in total. The van der Waals surface area contributed by atoms with Gasteiger partial charge in [0.15, 0.2) is 0 Å². The lowest BCUT2D eigenvalue weighted by Crippen LogP contribution is -2.33. The lowest BCUT2D eigenvalue weighted by Gasteiger charge is -2.36. The van der Waals surface area contributed by atoms with Crippen molar-refractivity contribution in [3.8, 4) is 0 Å². The molecule has 0 aliphatic carbocycles. The first-order valence-electron chi connectivity index (χ1n) is 8.84. The lowest BCUT2D eigenvalue weighted by atomic mass is 9.95. The van der Waals surface area contributed by atoms with Crippen LogP contribution in [-0.2, 0) is 6.54 Å². The molecule has 0 radical (unpaired) electrons. The van der Waals surface area contributed by atoms with E-state index >= 15 is 0 Å². The molecule has 1 aromatic carbocycles. The Morgan fingerprint density at radius 2 is 2.00 bits per heavy atom. The third-order valence-electron chi connectivity index (χ3n) is 4.57. The number of aromatic nitrogens is 1. The van der Waals surface area contributed by atoms with Crippen molar-refractivity contribution in [2.75, 3.05) is 18.4 Å². The van der Waals surface area contributed by atoms with Gasteiger partial charge in [0.25, 0.3) is 0 Å². The average Bonchev–Trinajstić information content (AvgIpc) is 2.62. The number of pyridine rings is 1. The zero-order valence-corrected chi connectivity index (χ0v) is 14.0. The van der Waals surface area contributed by atoms with Crippen molar-refractivity contribution >= 4 is 5.82 Å². The predicted octanol–water partition coefficient (Wildman–Crippen LogP) is 4.63. The molecule has 23 heavy (non-hydrogen) atoms. The van der Waals surface area contributed by atoms with Gasteiger partial charge in [-0.15, -0.1) is 0 Å². The number of likely N-dealkylation sites (tertiary alicyclic amines) is 1. The lowest BCUT2D eigenvalue weighted by molar-refractivity contribution is 0.140. The monoisotopic (exact) mass is 309 g/mol. The number of rotatable bonds is 6. The first-order chi connectivity index (χ1) is 11.4. The average molecular weight is 309 g/mol. The summed E-state index contributed by atoms with van der Waals surface area (Å²) in [5, 5.41) is 3.35. The number of anilines is 1. The molecule has 122 valence electrons. The van der Waals surface area contributed by atoms with Crippen molar-refractivity contribution in [1.82, 2.24) is 9.88 Å². The van der Waals surface area contributed by atoms with Gasteiger partial charge in [0.1, 0.15) is 5.82 Å².